The molecule has 0 heterocycles. The van der Waals surface area contributed by atoms with Crippen LogP contribution in [0.1, 0.15) is 5.56 Å². The summed E-state index contributed by atoms with van der Waals surface area (Å²) in [6, 6.07) is 1.37. The van der Waals surface area contributed by atoms with Crippen LogP contribution >= 0.6 is 11.6 Å². The molecule has 0 aliphatic rings. The molecule has 2 N–H and O–H groups in total. The largest absolute Gasteiger partial charge is 0.504 e. The molecule has 0 aliphatic carbocycles. The molecule has 0 amide bonds. The van der Waals surface area contributed by atoms with Crippen LogP contribution in [-0.2, 0) is 6.54 Å². The van der Waals surface area contributed by atoms with Gasteiger partial charge in [0.05, 0.1) is 12.1 Å². The van der Waals surface area contributed by atoms with Gasteiger partial charge in [0.25, 0.3) is 0 Å². The zero-order chi connectivity index (χ0) is 10.7. The smallest absolute Gasteiger partial charge is 0.198 e. The van der Waals surface area contributed by atoms with Gasteiger partial charge < -0.3 is 15.2 Å². The summed E-state index contributed by atoms with van der Waals surface area (Å²) in [4.78, 5) is 0. The van der Waals surface area contributed by atoms with E-state index in [9.17, 15) is 9.50 Å². The first-order valence-electron chi connectivity index (χ1n) is 4.00. The number of methoxy groups -OCH3 is 1. The van der Waals surface area contributed by atoms with Crippen molar-refractivity contribution in [3.05, 3.63) is 22.5 Å². The highest BCUT2D eigenvalue weighted by atomic mass is 35.5. The third kappa shape index (κ3) is 1.91. The van der Waals surface area contributed by atoms with Crippen molar-refractivity contribution < 1.29 is 14.2 Å². The lowest BCUT2D eigenvalue weighted by atomic mass is 10.1. The molecule has 0 saturated heterocycles. The number of halogens is 2. The minimum absolute atomic E-state index is 0.0649. The van der Waals surface area contributed by atoms with Crippen LogP contribution in [0.25, 0.3) is 0 Å². The summed E-state index contributed by atoms with van der Waals surface area (Å²) in [6.45, 7) is 0.391. The van der Waals surface area contributed by atoms with Crippen LogP contribution in [0.3, 0.4) is 0 Å². The Kier molecular flexibility index (Phi) is 3.55. The second-order valence-electron chi connectivity index (χ2n) is 2.74. The molecule has 78 valence electrons. The van der Waals surface area contributed by atoms with Crippen LogP contribution in [-0.4, -0.2) is 19.3 Å². The quantitative estimate of drug-likeness (QED) is 0.816. The molecule has 14 heavy (non-hydrogen) atoms. The summed E-state index contributed by atoms with van der Waals surface area (Å²) in [6.07, 6.45) is 0. The third-order valence-electron chi connectivity index (χ3n) is 1.80. The molecule has 5 heteroatoms. The van der Waals surface area contributed by atoms with Crippen LogP contribution in [0.15, 0.2) is 6.07 Å². The molecule has 0 aliphatic heterocycles. The predicted octanol–water partition coefficient (Wildman–Crippen LogP) is 1.91. The third-order valence-corrected chi connectivity index (χ3v) is 2.08. The van der Waals surface area contributed by atoms with E-state index in [1.54, 1.807) is 7.05 Å². The SMILES string of the molecule is CNCc1cc(Cl)c(F)c(OC)c1O. The highest BCUT2D eigenvalue weighted by Gasteiger charge is 2.16. The molecule has 0 saturated carbocycles. The maximum atomic E-state index is 13.2. The molecular formula is C9H11ClFNO2. The normalized spacial score (nSPS) is 10.3. The van der Waals surface area contributed by atoms with Gasteiger partial charge in [0.15, 0.2) is 17.3 Å². The number of nitrogens with one attached hydrogen (secondary N) is 1. The van der Waals surface area contributed by atoms with Crippen molar-refractivity contribution in [2.75, 3.05) is 14.2 Å². The monoisotopic (exact) mass is 219 g/mol. The summed E-state index contributed by atoms with van der Waals surface area (Å²) in [5.41, 5.74) is 0.496. The standard InChI is InChI=1S/C9H11ClFNO2/c1-12-4-5-3-6(10)7(11)9(14-2)8(5)13/h3,12-13H,4H2,1-2H3. The van der Waals surface area contributed by atoms with Gasteiger partial charge in [-0.2, -0.15) is 0 Å². The van der Waals surface area contributed by atoms with Gasteiger partial charge in [-0.3, -0.25) is 0 Å². The van der Waals surface area contributed by atoms with Crippen molar-refractivity contribution in [3.63, 3.8) is 0 Å². The zero-order valence-corrected chi connectivity index (χ0v) is 8.65. The van der Waals surface area contributed by atoms with E-state index in [-0.39, 0.29) is 16.5 Å². The molecule has 1 aromatic rings. The number of aromatic hydroxyl groups is 1. The van der Waals surface area contributed by atoms with Gasteiger partial charge in [-0.15, -0.1) is 0 Å². The first-order valence-corrected chi connectivity index (χ1v) is 4.38. The lowest BCUT2D eigenvalue weighted by Gasteiger charge is -2.10. The Labute approximate surface area is 86.5 Å². The molecule has 1 rings (SSSR count). The Morgan fingerprint density at radius 1 is 1.64 bits per heavy atom. The van der Waals surface area contributed by atoms with Gasteiger partial charge in [-0.1, -0.05) is 11.6 Å². The van der Waals surface area contributed by atoms with Gasteiger partial charge >= 0.3 is 0 Å². The van der Waals surface area contributed by atoms with Gasteiger partial charge in [0.1, 0.15) is 0 Å². The lowest BCUT2D eigenvalue weighted by Crippen LogP contribution is -2.06. The van der Waals surface area contributed by atoms with Gasteiger partial charge in [-0.25, -0.2) is 4.39 Å². The molecule has 0 fully saturated rings. The average Bonchev–Trinajstić information content (AvgIpc) is 2.16. The van der Waals surface area contributed by atoms with Crippen molar-refractivity contribution in [2.45, 2.75) is 6.54 Å². The highest BCUT2D eigenvalue weighted by Crippen LogP contribution is 2.36. The number of hydrogen-bond donors (Lipinski definition) is 2. The molecule has 0 aromatic heterocycles. The molecule has 0 unspecified atom stereocenters. The Morgan fingerprint density at radius 2 is 2.29 bits per heavy atom. The van der Waals surface area contributed by atoms with Crippen molar-refractivity contribution >= 4 is 11.6 Å². The zero-order valence-electron chi connectivity index (χ0n) is 7.90. The van der Waals surface area contributed by atoms with E-state index in [2.05, 4.69) is 5.32 Å². The van der Waals surface area contributed by atoms with Gasteiger partial charge in [0.2, 0.25) is 0 Å². The minimum atomic E-state index is -0.744. The van der Waals surface area contributed by atoms with Crippen LogP contribution in [0.5, 0.6) is 11.5 Å². The van der Waals surface area contributed by atoms with Crippen molar-refractivity contribution in [1.29, 1.82) is 0 Å². The number of rotatable bonds is 3. The van der Waals surface area contributed by atoms with E-state index in [0.29, 0.717) is 12.1 Å². The fourth-order valence-electron chi connectivity index (χ4n) is 1.15. The fourth-order valence-corrected chi connectivity index (χ4v) is 1.37. The minimum Gasteiger partial charge on any atom is -0.504 e. The Hall–Kier alpha value is -1.00. The van der Waals surface area contributed by atoms with Gasteiger partial charge in [-0.05, 0) is 13.1 Å². The van der Waals surface area contributed by atoms with Crippen molar-refractivity contribution in [2.24, 2.45) is 0 Å². The summed E-state index contributed by atoms with van der Waals surface area (Å²) >= 11 is 5.61. The van der Waals surface area contributed by atoms with Gasteiger partial charge in [0, 0.05) is 12.1 Å². The molecule has 0 spiro atoms. The summed E-state index contributed by atoms with van der Waals surface area (Å²) < 4.78 is 18.0. The Balaban J connectivity index is 3.27. The summed E-state index contributed by atoms with van der Waals surface area (Å²) in [5.74, 6) is -1.18. The second kappa shape index (κ2) is 4.48. The summed E-state index contributed by atoms with van der Waals surface area (Å²) in [5, 5.41) is 12.3. The Morgan fingerprint density at radius 3 is 2.79 bits per heavy atom. The van der Waals surface area contributed by atoms with Crippen molar-refractivity contribution in [3.8, 4) is 11.5 Å². The van der Waals surface area contributed by atoms with E-state index in [4.69, 9.17) is 16.3 Å². The lowest BCUT2D eigenvalue weighted by molar-refractivity contribution is 0.348. The van der Waals surface area contributed by atoms with E-state index >= 15 is 0 Å². The first-order chi connectivity index (χ1) is 6.61. The predicted molar refractivity (Wildman–Crippen MR) is 52.4 cm³/mol. The number of phenolic OH excluding ortho intramolecular Hbond substituents is 1. The van der Waals surface area contributed by atoms with Crippen LogP contribution < -0.4 is 10.1 Å². The fraction of sp³-hybridized carbons (Fsp3) is 0.333. The molecule has 0 bridgehead atoms. The van der Waals surface area contributed by atoms with Crippen LogP contribution in [0, 0.1) is 5.82 Å². The average molecular weight is 220 g/mol. The van der Waals surface area contributed by atoms with E-state index in [1.165, 1.54) is 13.2 Å². The molecule has 1 aromatic carbocycles. The van der Waals surface area contributed by atoms with E-state index in [1.807, 2.05) is 0 Å². The number of hydrogen-bond acceptors (Lipinski definition) is 3. The van der Waals surface area contributed by atoms with Crippen molar-refractivity contribution in [1.82, 2.24) is 5.32 Å². The number of ether oxygens (including phenoxy) is 1. The summed E-state index contributed by atoms with van der Waals surface area (Å²) in [7, 11) is 2.99. The van der Waals surface area contributed by atoms with Crippen LogP contribution in [0.2, 0.25) is 5.02 Å². The van der Waals surface area contributed by atoms with E-state index < -0.39 is 5.82 Å². The maximum absolute atomic E-state index is 13.2. The number of benzene rings is 1. The molecule has 0 atom stereocenters. The Bertz CT molecular complexity index is 344. The molecule has 3 nitrogen and oxygen atoms in total. The van der Waals surface area contributed by atoms with E-state index in [0.717, 1.165) is 0 Å². The second-order valence-corrected chi connectivity index (χ2v) is 3.15. The highest BCUT2D eigenvalue weighted by molar-refractivity contribution is 6.31. The maximum Gasteiger partial charge on any atom is 0.198 e. The topological polar surface area (TPSA) is 41.5 Å². The molecular weight excluding hydrogens is 209 g/mol. The van der Waals surface area contributed by atoms with Crippen LogP contribution in [0.4, 0.5) is 4.39 Å². The first kappa shape index (κ1) is 11.1. The number of phenols is 1. The molecule has 0 radical (unpaired) electrons.